The van der Waals surface area contributed by atoms with Crippen LogP contribution in [0.2, 0.25) is 0 Å². The first kappa shape index (κ1) is 11.5. The van der Waals surface area contributed by atoms with Crippen molar-refractivity contribution in [1.29, 1.82) is 0 Å². The van der Waals surface area contributed by atoms with Gasteiger partial charge in [-0.25, -0.2) is 4.39 Å². The van der Waals surface area contributed by atoms with Crippen LogP contribution in [0.3, 0.4) is 0 Å². The summed E-state index contributed by atoms with van der Waals surface area (Å²) in [7, 11) is 2.13. The molecule has 0 spiro atoms. The van der Waals surface area contributed by atoms with Crippen LogP contribution >= 0.6 is 0 Å². The summed E-state index contributed by atoms with van der Waals surface area (Å²) in [6.07, 6.45) is 3.75. The summed E-state index contributed by atoms with van der Waals surface area (Å²) >= 11 is 0. The number of piperidine rings is 1. The molecular weight excluding hydrogens is 229 g/mol. The quantitative estimate of drug-likeness (QED) is 0.786. The van der Waals surface area contributed by atoms with Crippen molar-refractivity contribution in [1.82, 2.24) is 9.47 Å². The molecule has 0 atom stereocenters. The number of anilines is 1. The molecule has 4 heteroatoms. The number of nitrogen functional groups attached to an aromatic ring is 1. The lowest BCUT2D eigenvalue weighted by atomic mass is 10.1. The van der Waals surface area contributed by atoms with Crippen LogP contribution in [-0.4, -0.2) is 29.6 Å². The highest BCUT2D eigenvalue weighted by molar-refractivity contribution is 5.84. The van der Waals surface area contributed by atoms with E-state index >= 15 is 0 Å². The minimum absolute atomic E-state index is 0.149. The summed E-state index contributed by atoms with van der Waals surface area (Å²) in [6, 6.07) is 5.78. The molecule has 0 bridgehead atoms. The number of nitrogens with zero attached hydrogens (tertiary/aromatic N) is 2. The van der Waals surface area contributed by atoms with Crippen LogP contribution in [0.5, 0.6) is 0 Å². The van der Waals surface area contributed by atoms with Crippen LogP contribution in [-0.2, 0) is 0 Å². The second-order valence-corrected chi connectivity index (χ2v) is 5.20. The zero-order chi connectivity index (χ0) is 12.7. The smallest absolute Gasteiger partial charge is 0.148 e. The third-order valence-electron chi connectivity index (χ3n) is 3.89. The third-order valence-corrected chi connectivity index (χ3v) is 3.89. The molecule has 1 aliphatic heterocycles. The number of hydrogen-bond donors (Lipinski definition) is 1. The van der Waals surface area contributed by atoms with Gasteiger partial charge in [0.15, 0.2) is 0 Å². The Labute approximate surface area is 106 Å². The van der Waals surface area contributed by atoms with Gasteiger partial charge < -0.3 is 15.2 Å². The van der Waals surface area contributed by atoms with Crippen molar-refractivity contribution < 1.29 is 4.39 Å². The van der Waals surface area contributed by atoms with Crippen LogP contribution in [0.4, 0.5) is 10.1 Å². The van der Waals surface area contributed by atoms with Gasteiger partial charge in [-0.05, 0) is 51.2 Å². The molecule has 3 rings (SSSR count). The minimum atomic E-state index is -0.149. The fourth-order valence-corrected chi connectivity index (χ4v) is 2.80. The third kappa shape index (κ3) is 1.86. The van der Waals surface area contributed by atoms with E-state index in [1.807, 2.05) is 6.07 Å². The monoisotopic (exact) mass is 247 g/mol. The molecular formula is C14H18FN3. The number of likely N-dealkylation sites (tertiary alicyclic amines) is 1. The molecule has 1 aromatic heterocycles. The number of aromatic nitrogens is 1. The van der Waals surface area contributed by atoms with E-state index in [0.29, 0.717) is 17.1 Å². The standard InChI is InChI=1S/C14H18FN3/c1-17-6-4-11(5-7-17)18-9-13(15)12-3-2-10(16)8-14(12)18/h2-3,8-9,11H,4-7,16H2,1H3. The lowest BCUT2D eigenvalue weighted by molar-refractivity contribution is 0.223. The molecule has 0 aliphatic carbocycles. The van der Waals surface area contributed by atoms with Gasteiger partial charge in [-0.3, -0.25) is 0 Å². The zero-order valence-corrected chi connectivity index (χ0v) is 10.6. The van der Waals surface area contributed by atoms with Crippen molar-refractivity contribution in [2.75, 3.05) is 25.9 Å². The van der Waals surface area contributed by atoms with Gasteiger partial charge in [0.1, 0.15) is 5.82 Å². The second-order valence-electron chi connectivity index (χ2n) is 5.20. The van der Waals surface area contributed by atoms with E-state index in [-0.39, 0.29) is 5.82 Å². The van der Waals surface area contributed by atoms with E-state index < -0.39 is 0 Å². The molecule has 0 amide bonds. The SMILES string of the molecule is CN1CCC(n2cc(F)c3ccc(N)cc32)CC1. The molecule has 3 nitrogen and oxygen atoms in total. The second kappa shape index (κ2) is 4.28. The number of fused-ring (bicyclic) bond motifs is 1. The Morgan fingerprint density at radius 1 is 1.28 bits per heavy atom. The molecule has 1 saturated heterocycles. The van der Waals surface area contributed by atoms with Crippen LogP contribution in [0.1, 0.15) is 18.9 Å². The maximum atomic E-state index is 13.9. The predicted molar refractivity (Wildman–Crippen MR) is 72.1 cm³/mol. The minimum Gasteiger partial charge on any atom is -0.399 e. The maximum absolute atomic E-state index is 13.9. The highest BCUT2D eigenvalue weighted by Gasteiger charge is 2.21. The number of hydrogen-bond acceptors (Lipinski definition) is 2. The Hall–Kier alpha value is -1.55. The number of rotatable bonds is 1. The van der Waals surface area contributed by atoms with Crippen LogP contribution in [0.25, 0.3) is 10.9 Å². The average Bonchev–Trinajstić information content (AvgIpc) is 2.67. The first-order chi connectivity index (χ1) is 8.65. The summed E-state index contributed by atoms with van der Waals surface area (Å²) in [6.45, 7) is 2.13. The molecule has 2 heterocycles. The molecule has 1 aromatic carbocycles. The first-order valence-corrected chi connectivity index (χ1v) is 6.39. The summed E-state index contributed by atoms with van der Waals surface area (Å²) < 4.78 is 16.0. The fourth-order valence-electron chi connectivity index (χ4n) is 2.80. The van der Waals surface area contributed by atoms with Crippen molar-refractivity contribution in [3.63, 3.8) is 0 Å². The van der Waals surface area contributed by atoms with Gasteiger partial charge in [-0.2, -0.15) is 0 Å². The molecule has 96 valence electrons. The van der Waals surface area contributed by atoms with Gasteiger partial charge in [0, 0.05) is 23.3 Å². The fraction of sp³-hybridized carbons (Fsp3) is 0.429. The average molecular weight is 247 g/mol. The zero-order valence-electron chi connectivity index (χ0n) is 10.6. The van der Waals surface area contributed by atoms with Gasteiger partial charge in [-0.15, -0.1) is 0 Å². The first-order valence-electron chi connectivity index (χ1n) is 6.39. The summed E-state index contributed by atoms with van der Waals surface area (Å²) in [5.74, 6) is -0.149. The lowest BCUT2D eigenvalue weighted by Gasteiger charge is -2.30. The largest absolute Gasteiger partial charge is 0.399 e. The highest BCUT2D eigenvalue weighted by Crippen LogP contribution is 2.30. The van der Waals surface area contributed by atoms with Gasteiger partial charge >= 0.3 is 0 Å². The molecule has 1 fully saturated rings. The Kier molecular flexibility index (Phi) is 2.74. The van der Waals surface area contributed by atoms with E-state index in [4.69, 9.17) is 5.73 Å². The Morgan fingerprint density at radius 3 is 2.72 bits per heavy atom. The number of nitrogens with two attached hydrogens (primary N) is 1. The molecule has 1 aliphatic rings. The Morgan fingerprint density at radius 2 is 2.00 bits per heavy atom. The van der Waals surface area contributed by atoms with Gasteiger partial charge in [0.05, 0.1) is 5.52 Å². The van der Waals surface area contributed by atoms with Crippen LogP contribution in [0, 0.1) is 5.82 Å². The Bertz CT molecular complexity index is 568. The van der Waals surface area contributed by atoms with E-state index in [1.165, 1.54) is 0 Å². The van der Waals surface area contributed by atoms with Crippen molar-refractivity contribution >= 4 is 16.6 Å². The topological polar surface area (TPSA) is 34.2 Å². The maximum Gasteiger partial charge on any atom is 0.148 e. The lowest BCUT2D eigenvalue weighted by Crippen LogP contribution is -2.31. The van der Waals surface area contributed by atoms with Gasteiger partial charge in [-0.1, -0.05) is 0 Å². The molecule has 0 radical (unpaired) electrons. The molecule has 2 aromatic rings. The normalized spacial score (nSPS) is 18.6. The molecule has 2 N–H and O–H groups in total. The van der Waals surface area contributed by atoms with E-state index in [2.05, 4.69) is 16.5 Å². The number of benzene rings is 1. The van der Waals surface area contributed by atoms with E-state index in [0.717, 1.165) is 31.4 Å². The molecule has 0 saturated carbocycles. The van der Waals surface area contributed by atoms with Crippen molar-refractivity contribution in [3.05, 3.63) is 30.2 Å². The number of halogens is 1. The summed E-state index contributed by atoms with van der Waals surface area (Å²) in [5, 5.41) is 0.670. The molecule has 0 unspecified atom stereocenters. The highest BCUT2D eigenvalue weighted by atomic mass is 19.1. The summed E-state index contributed by atoms with van der Waals surface area (Å²) in [5.41, 5.74) is 7.42. The Balaban J connectivity index is 2.03. The van der Waals surface area contributed by atoms with Crippen LogP contribution in [0.15, 0.2) is 24.4 Å². The van der Waals surface area contributed by atoms with Crippen molar-refractivity contribution in [2.45, 2.75) is 18.9 Å². The van der Waals surface area contributed by atoms with Crippen molar-refractivity contribution in [2.24, 2.45) is 0 Å². The van der Waals surface area contributed by atoms with Crippen LogP contribution < -0.4 is 5.73 Å². The van der Waals surface area contributed by atoms with E-state index in [9.17, 15) is 4.39 Å². The van der Waals surface area contributed by atoms with Crippen molar-refractivity contribution in [3.8, 4) is 0 Å². The van der Waals surface area contributed by atoms with Gasteiger partial charge in [0.2, 0.25) is 0 Å². The van der Waals surface area contributed by atoms with E-state index in [1.54, 1.807) is 18.3 Å². The molecule has 18 heavy (non-hydrogen) atoms. The van der Waals surface area contributed by atoms with Gasteiger partial charge in [0.25, 0.3) is 0 Å². The summed E-state index contributed by atoms with van der Waals surface area (Å²) in [4.78, 5) is 2.31. The predicted octanol–water partition coefficient (Wildman–Crippen LogP) is 2.63.